The molecule has 0 saturated heterocycles. The van der Waals surface area contributed by atoms with E-state index in [1.165, 1.54) is 0 Å². The van der Waals surface area contributed by atoms with Crippen molar-refractivity contribution in [3.05, 3.63) is 59.9 Å². The lowest BCUT2D eigenvalue weighted by atomic mass is 10.1. The summed E-state index contributed by atoms with van der Waals surface area (Å²) in [6.07, 6.45) is 4.56. The molecule has 0 unspecified atom stereocenters. The molecule has 0 atom stereocenters. The normalized spacial score (nSPS) is 11.2. The van der Waals surface area contributed by atoms with E-state index in [0.29, 0.717) is 0 Å². The predicted octanol–water partition coefficient (Wildman–Crippen LogP) is 3.42. The van der Waals surface area contributed by atoms with Crippen molar-refractivity contribution in [2.75, 3.05) is 7.11 Å². The lowest BCUT2D eigenvalue weighted by molar-refractivity contribution is -0.131. The quantitative estimate of drug-likeness (QED) is 0.750. The lowest BCUT2D eigenvalue weighted by Crippen LogP contribution is -1.92. The number of rotatable bonds is 4. The van der Waals surface area contributed by atoms with Crippen molar-refractivity contribution < 1.29 is 14.6 Å². The van der Waals surface area contributed by atoms with E-state index in [2.05, 4.69) is 0 Å². The number of benzene rings is 1. The predicted molar refractivity (Wildman–Crippen MR) is 88.6 cm³/mol. The van der Waals surface area contributed by atoms with Gasteiger partial charge in [-0.2, -0.15) is 0 Å². The van der Waals surface area contributed by atoms with Crippen molar-refractivity contribution in [1.82, 2.24) is 9.38 Å². The number of nitrogens with zero attached hydrogens (tertiary/aromatic N) is 2. The molecule has 0 spiro atoms. The number of aryl methyl sites for hydroxylation is 1. The average Bonchev–Trinajstić information content (AvgIpc) is 2.93. The molecule has 1 N–H and O–H groups in total. The van der Waals surface area contributed by atoms with E-state index < -0.39 is 5.97 Å². The Morgan fingerprint density at radius 2 is 2.13 bits per heavy atom. The van der Waals surface area contributed by atoms with Crippen LogP contribution in [-0.4, -0.2) is 27.6 Å². The summed E-state index contributed by atoms with van der Waals surface area (Å²) < 4.78 is 7.16. The van der Waals surface area contributed by atoms with Gasteiger partial charge in [-0.3, -0.25) is 4.40 Å². The van der Waals surface area contributed by atoms with Crippen LogP contribution in [0.2, 0.25) is 0 Å². The van der Waals surface area contributed by atoms with Gasteiger partial charge in [-0.1, -0.05) is 18.2 Å². The molecule has 0 radical (unpaired) electrons. The molecule has 0 fully saturated rings. The maximum absolute atomic E-state index is 10.9. The second-order valence-corrected chi connectivity index (χ2v) is 5.13. The minimum absolute atomic E-state index is 0.718. The van der Waals surface area contributed by atoms with Gasteiger partial charge < -0.3 is 9.84 Å². The minimum atomic E-state index is -0.996. The van der Waals surface area contributed by atoms with Gasteiger partial charge in [0.15, 0.2) is 0 Å². The highest BCUT2D eigenvalue weighted by Crippen LogP contribution is 2.29. The summed E-state index contributed by atoms with van der Waals surface area (Å²) in [5.74, 6) is -0.270. The molecule has 0 amide bonds. The van der Waals surface area contributed by atoms with E-state index >= 15 is 0 Å². The summed E-state index contributed by atoms with van der Waals surface area (Å²) in [5, 5.41) is 8.95. The second kappa shape index (κ2) is 5.96. The number of carbonyl (C=O) groups is 1. The summed E-state index contributed by atoms with van der Waals surface area (Å²) in [5.41, 5.74) is 4.13. The fourth-order valence-electron chi connectivity index (χ4n) is 2.51. The molecule has 0 bridgehead atoms. The summed E-state index contributed by atoms with van der Waals surface area (Å²) in [7, 11) is 1.61. The number of aliphatic carboxylic acids is 1. The molecule has 3 aromatic rings. The molecule has 0 aliphatic carbocycles. The van der Waals surface area contributed by atoms with Gasteiger partial charge in [0, 0.05) is 17.8 Å². The third-order valence-corrected chi connectivity index (χ3v) is 3.61. The lowest BCUT2D eigenvalue weighted by Gasteiger charge is -2.03. The molecular weight excluding hydrogens is 292 g/mol. The number of methoxy groups -OCH3 is 1. The number of carboxylic acid groups (broad SMARTS) is 1. The van der Waals surface area contributed by atoms with Gasteiger partial charge in [0.1, 0.15) is 11.4 Å². The summed E-state index contributed by atoms with van der Waals surface area (Å²) >= 11 is 0. The standard InChI is InChI=1S/C18H16N2O3/c1-12-5-4-10-20-15(8-9-16(21)22)17(19-18(12)20)13-6-3-7-14(11-13)23-2/h3-11H,1-2H3,(H,21,22)/b9-8+. The zero-order valence-electron chi connectivity index (χ0n) is 12.9. The molecule has 0 aliphatic rings. The number of hydrogen-bond donors (Lipinski definition) is 1. The van der Waals surface area contributed by atoms with Crippen LogP contribution in [0.1, 0.15) is 11.3 Å². The molecule has 1 aromatic carbocycles. The molecule has 2 aromatic heterocycles. The molecule has 0 aliphatic heterocycles. The molecule has 0 saturated carbocycles. The van der Waals surface area contributed by atoms with E-state index in [1.54, 1.807) is 13.2 Å². The van der Waals surface area contributed by atoms with Gasteiger partial charge in [0.2, 0.25) is 0 Å². The number of ether oxygens (including phenoxy) is 1. The third kappa shape index (κ3) is 2.81. The smallest absolute Gasteiger partial charge is 0.328 e. The minimum Gasteiger partial charge on any atom is -0.497 e. The Labute approximate surface area is 133 Å². The van der Waals surface area contributed by atoms with E-state index in [0.717, 1.165) is 40.0 Å². The van der Waals surface area contributed by atoms with Gasteiger partial charge in [0.25, 0.3) is 0 Å². The summed E-state index contributed by atoms with van der Waals surface area (Å²) in [6.45, 7) is 1.97. The summed E-state index contributed by atoms with van der Waals surface area (Å²) in [6, 6.07) is 11.4. The number of imidazole rings is 1. The highest BCUT2D eigenvalue weighted by molar-refractivity contribution is 5.87. The molecule has 3 rings (SSSR count). The van der Waals surface area contributed by atoms with Crippen molar-refractivity contribution >= 4 is 17.7 Å². The number of pyridine rings is 1. The second-order valence-electron chi connectivity index (χ2n) is 5.13. The van der Waals surface area contributed by atoms with Crippen LogP contribution in [0.5, 0.6) is 5.75 Å². The first-order chi connectivity index (χ1) is 11.1. The first-order valence-corrected chi connectivity index (χ1v) is 7.13. The van der Waals surface area contributed by atoms with E-state index in [4.69, 9.17) is 14.8 Å². The van der Waals surface area contributed by atoms with Gasteiger partial charge in [-0.05, 0) is 36.8 Å². The van der Waals surface area contributed by atoms with Crippen LogP contribution in [-0.2, 0) is 4.79 Å². The zero-order chi connectivity index (χ0) is 16.4. The van der Waals surface area contributed by atoms with Crippen LogP contribution in [0.25, 0.3) is 23.0 Å². The van der Waals surface area contributed by atoms with E-state index in [9.17, 15) is 4.79 Å². The van der Waals surface area contributed by atoms with Crippen molar-refractivity contribution in [2.24, 2.45) is 0 Å². The SMILES string of the molecule is COc1cccc(-c2nc3c(C)cccn3c2/C=C/C(=O)O)c1. The van der Waals surface area contributed by atoms with Crippen LogP contribution in [0, 0.1) is 6.92 Å². The largest absolute Gasteiger partial charge is 0.497 e. The van der Waals surface area contributed by atoms with Crippen molar-refractivity contribution in [2.45, 2.75) is 6.92 Å². The maximum Gasteiger partial charge on any atom is 0.328 e. The highest BCUT2D eigenvalue weighted by Gasteiger charge is 2.14. The average molecular weight is 308 g/mol. The Morgan fingerprint density at radius 1 is 1.30 bits per heavy atom. The van der Waals surface area contributed by atoms with Crippen molar-refractivity contribution in [3.63, 3.8) is 0 Å². The molecule has 5 heteroatoms. The van der Waals surface area contributed by atoms with Crippen LogP contribution in [0.15, 0.2) is 48.7 Å². The maximum atomic E-state index is 10.9. The van der Waals surface area contributed by atoms with Crippen LogP contribution < -0.4 is 4.74 Å². The molecule has 2 heterocycles. The number of hydrogen-bond acceptors (Lipinski definition) is 3. The summed E-state index contributed by atoms with van der Waals surface area (Å²) in [4.78, 5) is 15.6. The number of carboxylic acids is 1. The van der Waals surface area contributed by atoms with Crippen molar-refractivity contribution in [3.8, 4) is 17.0 Å². The fraction of sp³-hybridized carbons (Fsp3) is 0.111. The first-order valence-electron chi connectivity index (χ1n) is 7.13. The van der Waals surface area contributed by atoms with Gasteiger partial charge in [-0.25, -0.2) is 9.78 Å². The van der Waals surface area contributed by atoms with Crippen molar-refractivity contribution in [1.29, 1.82) is 0 Å². The van der Waals surface area contributed by atoms with E-state index in [-0.39, 0.29) is 0 Å². The molecule has 116 valence electrons. The fourth-order valence-corrected chi connectivity index (χ4v) is 2.51. The molecule has 23 heavy (non-hydrogen) atoms. The van der Waals surface area contributed by atoms with Crippen LogP contribution >= 0.6 is 0 Å². The monoisotopic (exact) mass is 308 g/mol. The van der Waals surface area contributed by atoms with Gasteiger partial charge in [0.05, 0.1) is 18.5 Å². The zero-order valence-corrected chi connectivity index (χ0v) is 12.9. The molecular formula is C18H16N2O3. The van der Waals surface area contributed by atoms with Crippen LogP contribution in [0.4, 0.5) is 0 Å². The first kappa shape index (κ1) is 14.8. The van der Waals surface area contributed by atoms with Crippen LogP contribution in [0.3, 0.4) is 0 Å². The van der Waals surface area contributed by atoms with Gasteiger partial charge in [-0.15, -0.1) is 0 Å². The van der Waals surface area contributed by atoms with Gasteiger partial charge >= 0.3 is 5.97 Å². The number of fused-ring (bicyclic) bond motifs is 1. The topological polar surface area (TPSA) is 63.8 Å². The molecule has 5 nitrogen and oxygen atoms in total. The number of aromatic nitrogens is 2. The Balaban J connectivity index is 2.28. The third-order valence-electron chi connectivity index (χ3n) is 3.61. The highest BCUT2D eigenvalue weighted by atomic mass is 16.5. The Hall–Kier alpha value is -3.08. The Kier molecular flexibility index (Phi) is 3.85. The Bertz CT molecular complexity index is 910. The van der Waals surface area contributed by atoms with E-state index in [1.807, 2.05) is 53.9 Å². The Morgan fingerprint density at radius 3 is 2.87 bits per heavy atom.